The summed E-state index contributed by atoms with van der Waals surface area (Å²) in [6.45, 7) is 2.04. The van der Waals surface area contributed by atoms with Crippen molar-refractivity contribution < 1.29 is 43.2 Å². The van der Waals surface area contributed by atoms with Crippen molar-refractivity contribution in [3.63, 3.8) is 0 Å². The van der Waals surface area contributed by atoms with Gasteiger partial charge in [0.15, 0.2) is 5.76 Å². The molecule has 9 heteroatoms. The highest BCUT2D eigenvalue weighted by Crippen LogP contribution is 2.45. The van der Waals surface area contributed by atoms with Crippen LogP contribution in [0.4, 0.5) is 0 Å². The number of hydrogen-bond donors (Lipinski definition) is 2. The van der Waals surface area contributed by atoms with Crippen molar-refractivity contribution in [3.05, 3.63) is 94.9 Å². The van der Waals surface area contributed by atoms with Gasteiger partial charge in [-0.25, -0.2) is 9.59 Å². The molecule has 3 aromatic rings. The van der Waals surface area contributed by atoms with Crippen LogP contribution in [0.25, 0.3) is 0 Å². The second-order valence-corrected chi connectivity index (χ2v) is 8.68. The molecular weight excluding hydrogens is 468 g/mol. The number of furan rings is 1. The summed E-state index contributed by atoms with van der Waals surface area (Å²) in [6, 6.07) is 19.0. The molecule has 2 aromatic carbocycles. The Balaban J connectivity index is 1.60. The topological polar surface area (TPSA) is 125 Å². The first-order valence-corrected chi connectivity index (χ1v) is 11.4. The molecule has 4 unspecified atom stereocenters. The Labute approximate surface area is 208 Å². The molecule has 0 radical (unpaired) electrons. The zero-order chi connectivity index (χ0) is 25.7. The second-order valence-electron chi connectivity index (χ2n) is 8.68. The van der Waals surface area contributed by atoms with E-state index in [1.807, 2.05) is 60.7 Å². The minimum absolute atomic E-state index is 0.0635. The van der Waals surface area contributed by atoms with Crippen LogP contribution in [0, 0.1) is 0 Å². The largest absolute Gasteiger partial charge is 0.478 e. The summed E-state index contributed by atoms with van der Waals surface area (Å²) in [7, 11) is 1.14. The number of esters is 1. The molecular formula is C27H28O9. The summed E-state index contributed by atoms with van der Waals surface area (Å²) < 4.78 is 28.2. The van der Waals surface area contributed by atoms with E-state index in [0.29, 0.717) is 6.61 Å². The van der Waals surface area contributed by atoms with Gasteiger partial charge in [0.25, 0.3) is 0 Å². The van der Waals surface area contributed by atoms with Gasteiger partial charge >= 0.3 is 11.9 Å². The van der Waals surface area contributed by atoms with Gasteiger partial charge in [-0.15, -0.1) is 0 Å². The zero-order valence-electron chi connectivity index (χ0n) is 20.0. The van der Waals surface area contributed by atoms with Crippen LogP contribution in [-0.4, -0.2) is 53.7 Å². The summed E-state index contributed by atoms with van der Waals surface area (Å²) in [5.74, 6) is -2.49. The van der Waals surface area contributed by atoms with Crippen molar-refractivity contribution >= 4 is 11.9 Å². The van der Waals surface area contributed by atoms with Crippen LogP contribution in [0.3, 0.4) is 0 Å². The van der Waals surface area contributed by atoms with Crippen molar-refractivity contribution in [2.75, 3.05) is 13.7 Å². The maximum Gasteiger partial charge on any atom is 0.342 e. The van der Waals surface area contributed by atoms with Crippen molar-refractivity contribution in [3.8, 4) is 0 Å². The van der Waals surface area contributed by atoms with Crippen molar-refractivity contribution in [2.45, 2.75) is 44.1 Å². The first kappa shape index (κ1) is 25.6. The number of carbonyl (C=O) groups excluding carboxylic acids is 1. The molecule has 190 valence electrons. The van der Waals surface area contributed by atoms with Gasteiger partial charge < -0.3 is 33.6 Å². The molecule has 4 rings (SSSR count). The van der Waals surface area contributed by atoms with E-state index in [0.717, 1.165) is 24.5 Å². The molecule has 1 aliphatic heterocycles. The quantitative estimate of drug-likeness (QED) is 0.404. The summed E-state index contributed by atoms with van der Waals surface area (Å²) in [6.07, 6.45) is -1.91. The molecule has 0 bridgehead atoms. The third-order valence-electron chi connectivity index (χ3n) is 6.10. The number of ether oxygens (including phenoxy) is 4. The summed E-state index contributed by atoms with van der Waals surface area (Å²) in [5.41, 5.74) is -0.574. The third-order valence-corrected chi connectivity index (χ3v) is 6.10. The van der Waals surface area contributed by atoms with Crippen LogP contribution in [-0.2, 0) is 32.2 Å². The molecule has 1 aliphatic rings. The summed E-state index contributed by atoms with van der Waals surface area (Å²) in [4.78, 5) is 24.1. The Morgan fingerprint density at radius 2 is 1.61 bits per heavy atom. The SMILES string of the molecule is COC(=O)c1coc(C2OC(COCc3ccccc3)C(OCc3ccccc3)C2(C)O)c1C(=O)O. The van der Waals surface area contributed by atoms with Crippen molar-refractivity contribution in [2.24, 2.45) is 0 Å². The molecule has 1 saturated heterocycles. The molecule has 0 spiro atoms. The van der Waals surface area contributed by atoms with E-state index in [9.17, 15) is 19.8 Å². The number of aliphatic hydroxyl groups is 1. The van der Waals surface area contributed by atoms with Crippen molar-refractivity contribution in [1.82, 2.24) is 0 Å². The number of carboxylic acids is 1. The predicted molar refractivity (Wildman–Crippen MR) is 126 cm³/mol. The van der Waals surface area contributed by atoms with Crippen molar-refractivity contribution in [1.29, 1.82) is 0 Å². The summed E-state index contributed by atoms with van der Waals surface area (Å²) >= 11 is 0. The lowest BCUT2D eigenvalue weighted by Gasteiger charge is -2.29. The number of carbonyl (C=O) groups is 2. The smallest absolute Gasteiger partial charge is 0.342 e. The Bertz CT molecular complexity index is 1170. The first-order chi connectivity index (χ1) is 17.3. The molecule has 0 amide bonds. The molecule has 36 heavy (non-hydrogen) atoms. The lowest BCUT2D eigenvalue weighted by molar-refractivity contribution is -0.106. The Morgan fingerprint density at radius 1 is 1.00 bits per heavy atom. The molecule has 2 N–H and O–H groups in total. The molecule has 4 atom stereocenters. The van der Waals surface area contributed by atoms with Gasteiger partial charge in [-0.1, -0.05) is 60.7 Å². The number of methoxy groups -OCH3 is 1. The van der Waals surface area contributed by atoms with Crippen LogP contribution in [0.5, 0.6) is 0 Å². The van der Waals surface area contributed by atoms with Gasteiger partial charge in [-0.3, -0.25) is 0 Å². The van der Waals surface area contributed by atoms with Gasteiger partial charge in [0, 0.05) is 0 Å². The van der Waals surface area contributed by atoms with Crippen LogP contribution in [0.2, 0.25) is 0 Å². The second kappa shape index (κ2) is 11.0. The Morgan fingerprint density at radius 3 is 2.19 bits per heavy atom. The van der Waals surface area contributed by atoms with E-state index in [2.05, 4.69) is 4.74 Å². The minimum atomic E-state index is -1.72. The highest BCUT2D eigenvalue weighted by atomic mass is 16.6. The van der Waals surface area contributed by atoms with E-state index < -0.39 is 41.4 Å². The highest BCUT2D eigenvalue weighted by molar-refractivity contribution is 6.03. The first-order valence-electron chi connectivity index (χ1n) is 11.4. The maximum atomic E-state index is 12.1. The maximum absolute atomic E-state index is 12.1. The lowest BCUT2D eigenvalue weighted by Crippen LogP contribution is -2.45. The zero-order valence-corrected chi connectivity index (χ0v) is 20.0. The predicted octanol–water partition coefficient (Wildman–Crippen LogP) is 3.76. The fourth-order valence-electron chi connectivity index (χ4n) is 4.31. The van der Waals surface area contributed by atoms with Gasteiger partial charge in [-0.05, 0) is 18.1 Å². The fourth-order valence-corrected chi connectivity index (χ4v) is 4.31. The fraction of sp³-hybridized carbons (Fsp3) is 0.333. The monoisotopic (exact) mass is 496 g/mol. The summed E-state index contributed by atoms with van der Waals surface area (Å²) in [5, 5.41) is 21.4. The number of benzene rings is 2. The lowest BCUT2D eigenvalue weighted by atomic mass is 9.89. The average molecular weight is 497 g/mol. The molecule has 1 aromatic heterocycles. The highest BCUT2D eigenvalue weighted by Gasteiger charge is 2.56. The number of carboxylic acid groups (broad SMARTS) is 1. The Hall–Kier alpha value is -3.50. The van der Waals surface area contributed by atoms with Gasteiger partial charge in [0.05, 0.1) is 26.9 Å². The van der Waals surface area contributed by atoms with E-state index in [4.69, 9.17) is 18.6 Å². The van der Waals surface area contributed by atoms with E-state index in [1.54, 1.807) is 0 Å². The molecule has 0 saturated carbocycles. The van der Waals surface area contributed by atoms with E-state index >= 15 is 0 Å². The minimum Gasteiger partial charge on any atom is -0.478 e. The number of aromatic carboxylic acids is 1. The van der Waals surface area contributed by atoms with Crippen LogP contribution < -0.4 is 0 Å². The van der Waals surface area contributed by atoms with Crippen LogP contribution >= 0.6 is 0 Å². The van der Waals surface area contributed by atoms with E-state index in [1.165, 1.54) is 6.92 Å². The van der Waals surface area contributed by atoms with Crippen LogP contribution in [0.15, 0.2) is 71.3 Å². The average Bonchev–Trinajstić information content (AvgIpc) is 3.42. The Kier molecular flexibility index (Phi) is 7.85. The van der Waals surface area contributed by atoms with Crippen LogP contribution in [0.1, 0.15) is 50.6 Å². The van der Waals surface area contributed by atoms with Gasteiger partial charge in [0.2, 0.25) is 0 Å². The third kappa shape index (κ3) is 5.34. The molecule has 2 heterocycles. The normalized spacial score (nSPS) is 23.5. The number of hydrogen-bond acceptors (Lipinski definition) is 8. The molecule has 0 aliphatic carbocycles. The van der Waals surface area contributed by atoms with Gasteiger partial charge in [0.1, 0.15) is 41.3 Å². The molecule has 1 fully saturated rings. The van der Waals surface area contributed by atoms with Gasteiger partial charge in [-0.2, -0.15) is 0 Å². The van der Waals surface area contributed by atoms with E-state index in [-0.39, 0.29) is 24.5 Å². The molecule has 9 nitrogen and oxygen atoms in total. The standard InChI is InChI=1S/C27H28O9/c1-27(31)23(35-14-18-11-7-4-8-12-18)20(16-33-13-17-9-5-3-6-10-17)36-24(27)22-21(25(28)29)19(15-34-22)26(30)32-2/h3-12,15,20,23-24,31H,13-14,16H2,1-2H3,(H,28,29). The number of rotatable bonds is 10.